The molecule has 6 N–H and O–H groups in total. The molecule has 1 aromatic carbocycles. The van der Waals surface area contributed by atoms with Crippen molar-refractivity contribution in [3.05, 3.63) is 71.2 Å². The predicted octanol–water partition coefficient (Wildman–Crippen LogP) is 1.77. The van der Waals surface area contributed by atoms with Gasteiger partial charge in [0.15, 0.2) is 5.17 Å². The number of allylic oxidation sites excluding steroid dienone is 3. The number of hydrogen-bond acceptors (Lipinski definition) is 6. The normalized spacial score (nSPS) is 19.0. The van der Waals surface area contributed by atoms with Gasteiger partial charge in [0, 0.05) is 4.91 Å². The first-order valence-electron chi connectivity index (χ1n) is 10.5. The van der Waals surface area contributed by atoms with E-state index in [1.54, 1.807) is 0 Å². The van der Waals surface area contributed by atoms with Gasteiger partial charge in [-0.2, -0.15) is 0 Å². The molecule has 3 rings (SSSR count). The quantitative estimate of drug-likeness (QED) is 0.467. The summed E-state index contributed by atoms with van der Waals surface area (Å²) in [6, 6.07) is 8.33. The molecule has 0 saturated carbocycles. The largest absolute Gasteiger partial charge is 0.343 e. The molecule has 0 radical (unpaired) electrons. The third-order valence-electron chi connectivity index (χ3n) is 4.98. The summed E-state index contributed by atoms with van der Waals surface area (Å²) in [4.78, 5) is 31.2. The Bertz CT molecular complexity index is 894. The molecule has 1 heterocycles. The molecule has 164 valence electrons. The molecule has 1 aromatic rings. The first kappa shape index (κ1) is 23.0. The van der Waals surface area contributed by atoms with E-state index in [4.69, 9.17) is 11.5 Å². The summed E-state index contributed by atoms with van der Waals surface area (Å²) in [5.41, 5.74) is 12.6. The van der Waals surface area contributed by atoms with E-state index in [1.807, 2.05) is 60.7 Å². The summed E-state index contributed by atoms with van der Waals surface area (Å²) in [6.07, 6.45) is 12.1. The number of rotatable bonds is 9. The summed E-state index contributed by atoms with van der Waals surface area (Å²) in [6.45, 7) is 0.468. The van der Waals surface area contributed by atoms with Crippen molar-refractivity contribution in [1.29, 1.82) is 0 Å². The van der Waals surface area contributed by atoms with E-state index >= 15 is 0 Å². The molecule has 2 bridgehead atoms. The van der Waals surface area contributed by atoms with Crippen LogP contribution in [0, 0.1) is 0 Å². The minimum absolute atomic E-state index is 0.108. The van der Waals surface area contributed by atoms with Crippen LogP contribution in [0.15, 0.2) is 70.6 Å². The highest BCUT2D eigenvalue weighted by molar-refractivity contribution is 8.17. The zero-order valence-electron chi connectivity index (χ0n) is 17.4. The van der Waals surface area contributed by atoms with Gasteiger partial charge in [-0.15, -0.1) is 0 Å². The maximum atomic E-state index is 13.1. The van der Waals surface area contributed by atoms with Crippen LogP contribution < -0.4 is 22.1 Å². The van der Waals surface area contributed by atoms with Gasteiger partial charge in [-0.1, -0.05) is 60.3 Å². The highest BCUT2D eigenvalue weighted by Gasteiger charge is 2.26. The summed E-state index contributed by atoms with van der Waals surface area (Å²) in [5.74, 6) is -0.643. The second kappa shape index (κ2) is 11.6. The van der Waals surface area contributed by atoms with E-state index in [-0.39, 0.29) is 17.9 Å². The number of benzene rings is 1. The molecule has 3 atom stereocenters. The van der Waals surface area contributed by atoms with Gasteiger partial charge in [0.2, 0.25) is 11.8 Å². The van der Waals surface area contributed by atoms with E-state index in [9.17, 15) is 9.59 Å². The lowest BCUT2D eigenvalue weighted by Gasteiger charge is -2.22. The van der Waals surface area contributed by atoms with Crippen LogP contribution in [0.1, 0.15) is 24.8 Å². The van der Waals surface area contributed by atoms with Gasteiger partial charge in [-0.3, -0.25) is 14.6 Å². The lowest BCUT2D eigenvalue weighted by molar-refractivity contribution is -0.129. The van der Waals surface area contributed by atoms with Crippen molar-refractivity contribution < 1.29 is 9.59 Å². The number of fused-ring (bicyclic) bond motifs is 1. The van der Waals surface area contributed by atoms with Crippen LogP contribution in [0.2, 0.25) is 0 Å². The van der Waals surface area contributed by atoms with Gasteiger partial charge >= 0.3 is 0 Å². The van der Waals surface area contributed by atoms with Gasteiger partial charge in [0.05, 0.1) is 12.1 Å². The Morgan fingerprint density at radius 1 is 1.13 bits per heavy atom. The Morgan fingerprint density at radius 3 is 2.71 bits per heavy atom. The van der Waals surface area contributed by atoms with E-state index in [2.05, 4.69) is 15.6 Å². The average molecular weight is 440 g/mol. The van der Waals surface area contributed by atoms with Crippen molar-refractivity contribution in [2.75, 3.05) is 6.54 Å². The lowest BCUT2D eigenvalue weighted by Crippen LogP contribution is -2.52. The van der Waals surface area contributed by atoms with Crippen LogP contribution in [0.25, 0.3) is 0 Å². The van der Waals surface area contributed by atoms with Gasteiger partial charge in [0.1, 0.15) is 6.04 Å². The Morgan fingerprint density at radius 2 is 1.94 bits per heavy atom. The van der Waals surface area contributed by atoms with Crippen molar-refractivity contribution in [3.63, 3.8) is 0 Å². The minimum Gasteiger partial charge on any atom is -0.343 e. The van der Waals surface area contributed by atoms with E-state index in [0.717, 1.165) is 10.5 Å². The molecule has 31 heavy (non-hydrogen) atoms. The summed E-state index contributed by atoms with van der Waals surface area (Å²) in [7, 11) is 0. The number of aryl methyl sites for hydroxylation is 1. The molecular weight excluding hydrogens is 410 g/mol. The standard InChI is InChI=1S/C23H29N5O2S/c24-14-6-11-19(25)21(29)27-20(13-12-16-7-2-1-3-8-16)22(30)28-23-26-17-9-4-5-10-18(15-17)31-23/h1-5,7-10,15,17,19-20H,6,11-14,24-25H2,(H,27,29)(H,26,28,30)/t17?,19-,20+/m0/s1. The molecule has 1 aliphatic carbocycles. The van der Waals surface area contributed by atoms with Gasteiger partial charge in [-0.25, -0.2) is 0 Å². The number of hydrogen-bond donors (Lipinski definition) is 4. The maximum absolute atomic E-state index is 13.1. The van der Waals surface area contributed by atoms with Crippen molar-refractivity contribution >= 4 is 28.7 Å². The van der Waals surface area contributed by atoms with Crippen molar-refractivity contribution in [1.82, 2.24) is 10.6 Å². The maximum Gasteiger partial charge on any atom is 0.248 e. The minimum atomic E-state index is -0.719. The zero-order chi connectivity index (χ0) is 22.1. The molecule has 0 fully saturated rings. The van der Waals surface area contributed by atoms with Crippen LogP contribution in [0.5, 0.6) is 0 Å². The lowest BCUT2D eigenvalue weighted by atomic mass is 10.0. The molecule has 8 heteroatoms. The predicted molar refractivity (Wildman–Crippen MR) is 126 cm³/mol. The Hall–Kier alpha value is -2.68. The topological polar surface area (TPSA) is 123 Å². The molecule has 0 spiro atoms. The Labute approximate surface area is 187 Å². The van der Waals surface area contributed by atoms with Gasteiger partial charge < -0.3 is 22.1 Å². The number of carbonyl (C=O) groups is 2. The fourth-order valence-electron chi connectivity index (χ4n) is 3.25. The second-order valence-corrected chi connectivity index (χ2v) is 8.51. The van der Waals surface area contributed by atoms with Crippen LogP contribution in [0.3, 0.4) is 0 Å². The smallest absolute Gasteiger partial charge is 0.248 e. The molecule has 1 aliphatic heterocycles. The van der Waals surface area contributed by atoms with Crippen molar-refractivity contribution in [2.24, 2.45) is 16.5 Å². The number of nitrogens with zero attached hydrogens (tertiary/aromatic N) is 1. The van der Waals surface area contributed by atoms with Crippen molar-refractivity contribution in [3.8, 4) is 0 Å². The number of thioether (sulfide) groups is 1. The number of amidine groups is 1. The van der Waals surface area contributed by atoms with Crippen LogP contribution >= 0.6 is 11.8 Å². The highest BCUT2D eigenvalue weighted by Crippen LogP contribution is 2.26. The third-order valence-corrected chi connectivity index (χ3v) is 5.89. The van der Waals surface area contributed by atoms with E-state index in [1.165, 1.54) is 11.8 Å². The molecule has 0 aromatic heterocycles. The second-order valence-electron chi connectivity index (χ2n) is 7.45. The molecule has 1 unspecified atom stereocenters. The monoisotopic (exact) mass is 439 g/mol. The average Bonchev–Trinajstić information content (AvgIpc) is 2.95. The number of aliphatic imine (C=N–C) groups is 1. The zero-order valence-corrected chi connectivity index (χ0v) is 18.2. The van der Waals surface area contributed by atoms with E-state index in [0.29, 0.717) is 37.4 Å². The SMILES string of the molecule is NCCC[C@H](N)C(=O)N[C@H](CCc1ccccc1)C(=O)NC1=NC2C=CC=CC(=C2)S1. The Balaban J connectivity index is 1.66. The number of amides is 2. The first-order valence-corrected chi connectivity index (χ1v) is 11.3. The van der Waals surface area contributed by atoms with Crippen LogP contribution in [0.4, 0.5) is 0 Å². The first-order chi connectivity index (χ1) is 15.0. The molecule has 0 saturated heterocycles. The van der Waals surface area contributed by atoms with Crippen LogP contribution in [-0.4, -0.2) is 41.7 Å². The van der Waals surface area contributed by atoms with E-state index < -0.39 is 12.1 Å². The van der Waals surface area contributed by atoms with Crippen LogP contribution in [-0.2, 0) is 16.0 Å². The summed E-state index contributed by atoms with van der Waals surface area (Å²) >= 11 is 1.40. The third kappa shape index (κ3) is 7.20. The molecule has 2 amide bonds. The molecule has 2 aliphatic rings. The Kier molecular flexibility index (Phi) is 8.63. The number of nitrogens with one attached hydrogen (secondary N) is 2. The molecular formula is C23H29N5O2S. The molecule has 7 nitrogen and oxygen atoms in total. The van der Waals surface area contributed by atoms with Gasteiger partial charge in [0.25, 0.3) is 0 Å². The summed E-state index contributed by atoms with van der Waals surface area (Å²) < 4.78 is 0. The highest BCUT2D eigenvalue weighted by atomic mass is 32.2. The summed E-state index contributed by atoms with van der Waals surface area (Å²) in [5, 5.41) is 6.24. The van der Waals surface area contributed by atoms with Crippen molar-refractivity contribution in [2.45, 2.75) is 43.8 Å². The number of carbonyl (C=O) groups excluding carboxylic acids is 2. The fraction of sp³-hybridized carbons (Fsp3) is 0.348. The fourth-order valence-corrected chi connectivity index (χ4v) is 4.16. The van der Waals surface area contributed by atoms with Gasteiger partial charge in [-0.05, 0) is 49.9 Å². The number of nitrogens with two attached hydrogens (primary N) is 2.